The molecule has 112 valence electrons. The van der Waals surface area contributed by atoms with Crippen LogP contribution in [0.3, 0.4) is 0 Å². The Labute approximate surface area is 134 Å². The van der Waals surface area contributed by atoms with Gasteiger partial charge in [0.1, 0.15) is 0 Å². The molecule has 0 aliphatic heterocycles. The number of rotatable bonds is 5. The highest BCUT2D eigenvalue weighted by Gasteiger charge is 2.14. The van der Waals surface area contributed by atoms with Crippen molar-refractivity contribution < 1.29 is 8.42 Å². The summed E-state index contributed by atoms with van der Waals surface area (Å²) in [4.78, 5) is 0.247. The average Bonchev–Trinajstić information content (AvgIpc) is 2.47. The number of anilines is 1. The number of halogens is 1. The molecule has 0 radical (unpaired) electrons. The minimum Gasteiger partial charge on any atom is -0.280 e. The zero-order chi connectivity index (χ0) is 15.5. The molecule has 21 heavy (non-hydrogen) atoms. The van der Waals surface area contributed by atoms with Crippen molar-refractivity contribution in [1.29, 1.82) is 0 Å². The van der Waals surface area contributed by atoms with Gasteiger partial charge in [-0.05, 0) is 54.3 Å². The summed E-state index contributed by atoms with van der Waals surface area (Å²) in [6.45, 7) is 4.29. The molecule has 0 fully saturated rings. The lowest BCUT2D eigenvalue weighted by Gasteiger charge is -2.11. The molecule has 2 aromatic rings. The van der Waals surface area contributed by atoms with Crippen molar-refractivity contribution >= 4 is 31.6 Å². The van der Waals surface area contributed by atoms with Crippen molar-refractivity contribution in [3.8, 4) is 0 Å². The normalized spacial score (nSPS) is 12.9. The van der Waals surface area contributed by atoms with Gasteiger partial charge in [0.2, 0.25) is 0 Å². The molecule has 2 rings (SSSR count). The average molecular weight is 368 g/mol. The first kappa shape index (κ1) is 16.0. The van der Waals surface area contributed by atoms with Gasteiger partial charge in [-0.1, -0.05) is 41.9 Å². The Balaban J connectivity index is 2.19. The quantitative estimate of drug-likeness (QED) is 0.827. The molecule has 0 aromatic heterocycles. The molecular weight excluding hydrogens is 350 g/mol. The van der Waals surface area contributed by atoms with E-state index < -0.39 is 10.0 Å². The largest absolute Gasteiger partial charge is 0.280 e. The molecule has 2 aromatic carbocycles. The molecule has 0 spiro atoms. The SMILES string of the molecule is CC[C@@H](C)c1ccc(NS(=O)(=O)c2ccc(Br)cc2)cc1. The highest BCUT2D eigenvalue weighted by Crippen LogP contribution is 2.22. The first-order valence-corrected chi connectivity index (χ1v) is 9.08. The van der Waals surface area contributed by atoms with Gasteiger partial charge in [0.15, 0.2) is 0 Å². The van der Waals surface area contributed by atoms with E-state index in [1.807, 2.05) is 12.1 Å². The Morgan fingerprint density at radius 2 is 1.62 bits per heavy atom. The predicted molar refractivity (Wildman–Crippen MR) is 90.1 cm³/mol. The van der Waals surface area contributed by atoms with Gasteiger partial charge in [0.25, 0.3) is 10.0 Å². The van der Waals surface area contributed by atoms with Gasteiger partial charge < -0.3 is 0 Å². The molecule has 0 saturated carbocycles. The molecule has 0 saturated heterocycles. The zero-order valence-electron chi connectivity index (χ0n) is 12.0. The number of sulfonamides is 1. The van der Waals surface area contributed by atoms with Gasteiger partial charge in [-0.25, -0.2) is 8.42 Å². The minimum absolute atomic E-state index is 0.247. The third-order valence-corrected chi connectivity index (χ3v) is 5.39. The van der Waals surface area contributed by atoms with Crippen LogP contribution in [0.15, 0.2) is 57.9 Å². The minimum atomic E-state index is -3.54. The van der Waals surface area contributed by atoms with Crippen LogP contribution in [-0.4, -0.2) is 8.42 Å². The molecule has 0 bridgehead atoms. The molecule has 1 atom stereocenters. The Kier molecular flexibility index (Phi) is 5.06. The van der Waals surface area contributed by atoms with E-state index in [2.05, 4.69) is 34.5 Å². The van der Waals surface area contributed by atoms with Crippen LogP contribution in [0.2, 0.25) is 0 Å². The van der Waals surface area contributed by atoms with Crippen molar-refractivity contribution in [2.24, 2.45) is 0 Å². The molecule has 3 nitrogen and oxygen atoms in total. The molecule has 1 N–H and O–H groups in total. The summed E-state index contributed by atoms with van der Waals surface area (Å²) >= 11 is 3.29. The monoisotopic (exact) mass is 367 g/mol. The lowest BCUT2D eigenvalue weighted by atomic mass is 9.99. The van der Waals surface area contributed by atoms with Crippen LogP contribution >= 0.6 is 15.9 Å². The number of benzene rings is 2. The summed E-state index contributed by atoms with van der Waals surface area (Å²) in [6, 6.07) is 14.1. The van der Waals surface area contributed by atoms with E-state index in [9.17, 15) is 8.42 Å². The van der Waals surface area contributed by atoms with E-state index >= 15 is 0 Å². The number of nitrogens with one attached hydrogen (secondary N) is 1. The van der Waals surface area contributed by atoms with Gasteiger partial charge in [-0.2, -0.15) is 0 Å². The lowest BCUT2D eigenvalue weighted by Crippen LogP contribution is -2.12. The maximum atomic E-state index is 12.3. The lowest BCUT2D eigenvalue weighted by molar-refractivity contribution is 0.601. The van der Waals surface area contributed by atoms with E-state index in [0.717, 1.165) is 10.9 Å². The Morgan fingerprint density at radius 3 is 2.14 bits per heavy atom. The van der Waals surface area contributed by atoms with Crippen LogP contribution in [0.5, 0.6) is 0 Å². The van der Waals surface area contributed by atoms with Crippen LogP contribution in [0.1, 0.15) is 31.7 Å². The van der Waals surface area contributed by atoms with Crippen LogP contribution < -0.4 is 4.72 Å². The van der Waals surface area contributed by atoms with Crippen molar-refractivity contribution in [2.75, 3.05) is 4.72 Å². The third-order valence-electron chi connectivity index (χ3n) is 3.47. The van der Waals surface area contributed by atoms with Crippen LogP contribution in [0.25, 0.3) is 0 Å². The van der Waals surface area contributed by atoms with E-state index in [-0.39, 0.29) is 4.90 Å². The highest BCUT2D eigenvalue weighted by atomic mass is 79.9. The zero-order valence-corrected chi connectivity index (χ0v) is 14.4. The summed E-state index contributed by atoms with van der Waals surface area (Å²) in [5.41, 5.74) is 1.79. The fourth-order valence-corrected chi connectivity index (χ4v) is 3.27. The van der Waals surface area contributed by atoms with E-state index in [0.29, 0.717) is 11.6 Å². The van der Waals surface area contributed by atoms with E-state index in [1.165, 1.54) is 5.56 Å². The summed E-state index contributed by atoms with van der Waals surface area (Å²) < 4.78 is 28.0. The number of hydrogen-bond donors (Lipinski definition) is 1. The third kappa shape index (κ3) is 4.08. The molecule has 5 heteroatoms. The Morgan fingerprint density at radius 1 is 1.05 bits per heavy atom. The van der Waals surface area contributed by atoms with Crippen LogP contribution in [-0.2, 0) is 10.0 Å². The first-order chi connectivity index (χ1) is 9.92. The molecule has 0 amide bonds. The maximum absolute atomic E-state index is 12.3. The summed E-state index contributed by atoms with van der Waals surface area (Å²) in [5, 5.41) is 0. The van der Waals surface area contributed by atoms with E-state index in [4.69, 9.17) is 0 Å². The van der Waals surface area contributed by atoms with E-state index in [1.54, 1.807) is 36.4 Å². The number of hydrogen-bond acceptors (Lipinski definition) is 2. The summed E-state index contributed by atoms with van der Waals surface area (Å²) in [5.74, 6) is 0.474. The van der Waals surface area contributed by atoms with Crippen molar-refractivity contribution in [3.05, 3.63) is 58.6 Å². The predicted octanol–water partition coefficient (Wildman–Crippen LogP) is 4.76. The molecule has 0 aliphatic rings. The highest BCUT2D eigenvalue weighted by molar-refractivity contribution is 9.10. The van der Waals surface area contributed by atoms with Gasteiger partial charge in [0.05, 0.1) is 4.90 Å². The molecule has 0 unspecified atom stereocenters. The fraction of sp³-hybridized carbons (Fsp3) is 0.250. The van der Waals surface area contributed by atoms with Gasteiger partial charge in [-0.15, -0.1) is 0 Å². The van der Waals surface area contributed by atoms with Crippen LogP contribution in [0.4, 0.5) is 5.69 Å². The van der Waals surface area contributed by atoms with Crippen molar-refractivity contribution in [2.45, 2.75) is 31.1 Å². The van der Waals surface area contributed by atoms with Gasteiger partial charge >= 0.3 is 0 Å². The summed E-state index contributed by atoms with van der Waals surface area (Å²) in [6.07, 6.45) is 1.06. The topological polar surface area (TPSA) is 46.2 Å². The van der Waals surface area contributed by atoms with Crippen molar-refractivity contribution in [3.63, 3.8) is 0 Å². The van der Waals surface area contributed by atoms with Gasteiger partial charge in [-0.3, -0.25) is 4.72 Å². The molecular formula is C16H18BrNO2S. The second-order valence-corrected chi connectivity index (χ2v) is 7.59. The standard InChI is InChI=1S/C16H18BrNO2S/c1-3-12(2)13-4-8-15(9-5-13)18-21(19,20)16-10-6-14(17)7-11-16/h4-12,18H,3H2,1-2H3/t12-/m1/s1. The second-order valence-electron chi connectivity index (χ2n) is 4.99. The van der Waals surface area contributed by atoms with Crippen LogP contribution in [0, 0.1) is 0 Å². The second kappa shape index (κ2) is 6.62. The first-order valence-electron chi connectivity index (χ1n) is 6.80. The Bertz CT molecular complexity index is 694. The molecule has 0 heterocycles. The van der Waals surface area contributed by atoms with Gasteiger partial charge in [0, 0.05) is 10.2 Å². The maximum Gasteiger partial charge on any atom is 0.261 e. The fourth-order valence-electron chi connectivity index (χ4n) is 1.94. The Hall–Kier alpha value is -1.33. The summed E-state index contributed by atoms with van der Waals surface area (Å²) in [7, 11) is -3.54. The smallest absolute Gasteiger partial charge is 0.261 e. The van der Waals surface area contributed by atoms with Crippen molar-refractivity contribution in [1.82, 2.24) is 0 Å². The molecule has 0 aliphatic carbocycles.